The lowest BCUT2D eigenvalue weighted by Crippen LogP contribution is -2.06. The summed E-state index contributed by atoms with van der Waals surface area (Å²) in [7, 11) is 0. The Morgan fingerprint density at radius 2 is 2.40 bits per heavy atom. The molecule has 0 spiro atoms. The summed E-state index contributed by atoms with van der Waals surface area (Å²) in [6.45, 7) is 3.31. The monoisotopic (exact) mass is 205 g/mol. The number of hydrogen-bond donors (Lipinski definition) is 1. The molecule has 0 aromatic carbocycles. The first-order chi connectivity index (χ1) is 7.35. The molecule has 4 heteroatoms. The molecule has 80 valence electrons. The van der Waals surface area contributed by atoms with Gasteiger partial charge in [-0.3, -0.25) is 0 Å². The molecule has 0 radical (unpaired) electrons. The quantitative estimate of drug-likeness (QED) is 0.823. The minimum Gasteiger partial charge on any atom is -0.467 e. The first-order valence-corrected chi connectivity index (χ1v) is 5.10. The van der Waals surface area contributed by atoms with Gasteiger partial charge in [-0.05, 0) is 6.07 Å². The number of aromatic nitrogens is 2. The van der Waals surface area contributed by atoms with Crippen LogP contribution in [-0.2, 0) is 19.5 Å². The van der Waals surface area contributed by atoms with Gasteiger partial charge in [-0.25, -0.2) is 4.98 Å². The van der Waals surface area contributed by atoms with Crippen molar-refractivity contribution >= 4 is 0 Å². The molecule has 2 aromatic rings. The molecule has 0 unspecified atom stereocenters. The highest BCUT2D eigenvalue weighted by atomic mass is 16.3. The molecule has 0 saturated carbocycles. The number of furan rings is 1. The second kappa shape index (κ2) is 4.31. The van der Waals surface area contributed by atoms with Crippen LogP contribution < -0.4 is 5.73 Å². The summed E-state index contributed by atoms with van der Waals surface area (Å²) < 4.78 is 7.48. The van der Waals surface area contributed by atoms with Crippen LogP contribution in [0.15, 0.2) is 29.1 Å². The number of rotatable bonds is 4. The summed E-state index contributed by atoms with van der Waals surface area (Å²) >= 11 is 0. The molecule has 0 aliphatic heterocycles. The molecule has 0 fully saturated rings. The van der Waals surface area contributed by atoms with Gasteiger partial charge < -0.3 is 14.7 Å². The number of aryl methyl sites for hydroxylation is 1. The molecule has 4 nitrogen and oxygen atoms in total. The van der Waals surface area contributed by atoms with Crippen LogP contribution >= 0.6 is 0 Å². The Kier molecular flexibility index (Phi) is 2.87. The van der Waals surface area contributed by atoms with Crippen LogP contribution in [0.25, 0.3) is 0 Å². The van der Waals surface area contributed by atoms with Crippen LogP contribution in [0.5, 0.6) is 0 Å². The van der Waals surface area contributed by atoms with Gasteiger partial charge in [0.2, 0.25) is 0 Å². The topological polar surface area (TPSA) is 57.0 Å². The van der Waals surface area contributed by atoms with Gasteiger partial charge in [-0.1, -0.05) is 6.92 Å². The van der Waals surface area contributed by atoms with E-state index in [9.17, 15) is 0 Å². The van der Waals surface area contributed by atoms with Crippen LogP contribution in [0.4, 0.5) is 0 Å². The maximum absolute atomic E-state index is 5.61. The van der Waals surface area contributed by atoms with E-state index in [4.69, 9.17) is 10.2 Å². The predicted molar refractivity (Wildman–Crippen MR) is 57.3 cm³/mol. The SMILES string of the molecule is CCc1nccn1Cc1occc1CN. The van der Waals surface area contributed by atoms with E-state index in [0.717, 1.165) is 23.6 Å². The van der Waals surface area contributed by atoms with Gasteiger partial charge >= 0.3 is 0 Å². The molecule has 0 saturated heterocycles. The summed E-state index contributed by atoms with van der Waals surface area (Å²) in [4.78, 5) is 4.26. The third kappa shape index (κ3) is 1.94. The van der Waals surface area contributed by atoms with Gasteiger partial charge in [0.15, 0.2) is 0 Å². The summed E-state index contributed by atoms with van der Waals surface area (Å²) in [5.74, 6) is 1.99. The Balaban J connectivity index is 2.21. The van der Waals surface area contributed by atoms with Gasteiger partial charge in [0.05, 0.1) is 12.8 Å². The summed E-state index contributed by atoms with van der Waals surface area (Å²) in [6.07, 6.45) is 6.37. The fraction of sp³-hybridized carbons (Fsp3) is 0.364. The van der Waals surface area contributed by atoms with Gasteiger partial charge in [0.1, 0.15) is 11.6 Å². The fourth-order valence-corrected chi connectivity index (χ4v) is 1.64. The van der Waals surface area contributed by atoms with E-state index < -0.39 is 0 Å². The predicted octanol–water partition coefficient (Wildman–Crippen LogP) is 1.55. The number of imidazole rings is 1. The molecule has 2 aromatic heterocycles. The van der Waals surface area contributed by atoms with Crippen LogP contribution in [0.1, 0.15) is 24.1 Å². The van der Waals surface area contributed by atoms with E-state index in [1.807, 2.05) is 18.5 Å². The van der Waals surface area contributed by atoms with Crippen molar-refractivity contribution in [3.8, 4) is 0 Å². The van der Waals surface area contributed by atoms with Crippen molar-refractivity contribution in [1.29, 1.82) is 0 Å². The van der Waals surface area contributed by atoms with Crippen LogP contribution in [0, 0.1) is 0 Å². The highest BCUT2D eigenvalue weighted by molar-refractivity contribution is 5.17. The van der Waals surface area contributed by atoms with Crippen LogP contribution in [0.3, 0.4) is 0 Å². The van der Waals surface area contributed by atoms with Crippen molar-refractivity contribution in [1.82, 2.24) is 9.55 Å². The van der Waals surface area contributed by atoms with Gasteiger partial charge in [-0.2, -0.15) is 0 Å². The van der Waals surface area contributed by atoms with Crippen molar-refractivity contribution in [2.75, 3.05) is 0 Å². The second-order valence-corrected chi connectivity index (χ2v) is 3.40. The zero-order valence-corrected chi connectivity index (χ0v) is 8.81. The molecular weight excluding hydrogens is 190 g/mol. The Hall–Kier alpha value is -1.55. The van der Waals surface area contributed by atoms with Crippen LogP contribution in [-0.4, -0.2) is 9.55 Å². The zero-order chi connectivity index (χ0) is 10.7. The Bertz CT molecular complexity index is 390. The van der Waals surface area contributed by atoms with E-state index in [0.29, 0.717) is 13.1 Å². The molecule has 0 amide bonds. The summed E-state index contributed by atoms with van der Waals surface area (Å²) in [6, 6.07) is 1.91. The fourth-order valence-electron chi connectivity index (χ4n) is 1.64. The first-order valence-electron chi connectivity index (χ1n) is 5.10. The Morgan fingerprint density at radius 3 is 3.13 bits per heavy atom. The largest absolute Gasteiger partial charge is 0.467 e. The zero-order valence-electron chi connectivity index (χ0n) is 8.81. The van der Waals surface area contributed by atoms with E-state index in [1.165, 1.54) is 0 Å². The molecule has 15 heavy (non-hydrogen) atoms. The van der Waals surface area contributed by atoms with Crippen molar-refractivity contribution < 1.29 is 4.42 Å². The molecule has 0 bridgehead atoms. The molecule has 0 aliphatic carbocycles. The lowest BCUT2D eigenvalue weighted by atomic mass is 10.2. The molecule has 2 heterocycles. The van der Waals surface area contributed by atoms with Gasteiger partial charge in [0.25, 0.3) is 0 Å². The molecule has 0 atom stereocenters. The summed E-state index contributed by atoms with van der Waals surface area (Å²) in [5.41, 5.74) is 6.67. The minimum atomic E-state index is 0.516. The average Bonchev–Trinajstić information content (AvgIpc) is 2.87. The highest BCUT2D eigenvalue weighted by Crippen LogP contribution is 2.12. The van der Waals surface area contributed by atoms with Gasteiger partial charge in [0, 0.05) is 30.9 Å². The Morgan fingerprint density at radius 1 is 1.53 bits per heavy atom. The molecule has 0 aliphatic rings. The second-order valence-electron chi connectivity index (χ2n) is 3.40. The molecular formula is C11H15N3O. The van der Waals surface area contributed by atoms with Crippen LogP contribution in [0.2, 0.25) is 0 Å². The third-order valence-electron chi connectivity index (χ3n) is 2.49. The smallest absolute Gasteiger partial charge is 0.127 e. The van der Waals surface area contributed by atoms with Crippen molar-refractivity contribution in [3.05, 3.63) is 41.9 Å². The third-order valence-corrected chi connectivity index (χ3v) is 2.49. The maximum Gasteiger partial charge on any atom is 0.127 e. The number of hydrogen-bond acceptors (Lipinski definition) is 3. The van der Waals surface area contributed by atoms with E-state index in [2.05, 4.69) is 16.5 Å². The van der Waals surface area contributed by atoms with E-state index in [-0.39, 0.29) is 0 Å². The standard InChI is InChI=1S/C11H15N3O/c1-2-11-13-4-5-14(11)8-10-9(7-12)3-6-15-10/h3-6H,2,7-8,12H2,1H3. The van der Waals surface area contributed by atoms with Crippen molar-refractivity contribution in [3.63, 3.8) is 0 Å². The minimum absolute atomic E-state index is 0.516. The van der Waals surface area contributed by atoms with Crippen molar-refractivity contribution in [2.45, 2.75) is 26.4 Å². The maximum atomic E-state index is 5.61. The normalized spacial score (nSPS) is 10.8. The summed E-state index contributed by atoms with van der Waals surface area (Å²) in [5, 5.41) is 0. The highest BCUT2D eigenvalue weighted by Gasteiger charge is 2.07. The molecule has 2 rings (SSSR count). The number of nitrogens with zero attached hydrogens (tertiary/aromatic N) is 2. The average molecular weight is 205 g/mol. The van der Waals surface area contributed by atoms with E-state index >= 15 is 0 Å². The Labute approximate surface area is 88.7 Å². The lowest BCUT2D eigenvalue weighted by molar-refractivity contribution is 0.484. The first kappa shape index (κ1) is 9.98. The van der Waals surface area contributed by atoms with Crippen molar-refractivity contribution in [2.24, 2.45) is 5.73 Å². The molecule has 2 N–H and O–H groups in total. The lowest BCUT2D eigenvalue weighted by Gasteiger charge is -2.05. The van der Waals surface area contributed by atoms with Gasteiger partial charge in [-0.15, -0.1) is 0 Å². The van der Waals surface area contributed by atoms with E-state index in [1.54, 1.807) is 6.26 Å². The number of nitrogens with two attached hydrogens (primary N) is 1.